The quantitative estimate of drug-likeness (QED) is 0.587. The first-order chi connectivity index (χ1) is 13.8. The molecule has 0 spiro atoms. The summed E-state index contributed by atoms with van der Waals surface area (Å²) in [6, 6.07) is 15.7. The topological polar surface area (TPSA) is 68.5 Å². The fraction of sp³-hybridized carbons (Fsp3) is 0.348. The summed E-state index contributed by atoms with van der Waals surface area (Å²) >= 11 is 0. The van der Waals surface area contributed by atoms with Gasteiger partial charge >= 0.3 is 0 Å². The van der Waals surface area contributed by atoms with Crippen LogP contribution in [0.1, 0.15) is 43.7 Å². The van der Waals surface area contributed by atoms with Crippen LogP contribution in [0.3, 0.4) is 0 Å². The highest BCUT2D eigenvalue weighted by Crippen LogP contribution is 2.27. The third-order valence-electron chi connectivity index (χ3n) is 4.69. The smallest absolute Gasteiger partial charge is 0.263 e. The fourth-order valence-electron chi connectivity index (χ4n) is 3.12. The Bertz CT molecular complexity index is 981. The molecule has 0 saturated heterocycles. The largest absolute Gasteiger partial charge is 0.481 e. The molecular formula is C23H27N3O3. The summed E-state index contributed by atoms with van der Waals surface area (Å²) in [5, 5.41) is 4.03. The van der Waals surface area contributed by atoms with E-state index in [4.69, 9.17) is 9.26 Å². The molecule has 6 nitrogen and oxygen atoms in total. The Hall–Kier alpha value is -3.15. The first kappa shape index (κ1) is 20.6. The molecule has 6 heteroatoms. The van der Waals surface area contributed by atoms with E-state index in [0.29, 0.717) is 17.6 Å². The Morgan fingerprint density at radius 2 is 1.90 bits per heavy atom. The van der Waals surface area contributed by atoms with Crippen LogP contribution in [-0.4, -0.2) is 34.1 Å². The molecule has 0 unspecified atom stereocenters. The van der Waals surface area contributed by atoms with Crippen molar-refractivity contribution in [1.29, 1.82) is 0 Å². The van der Waals surface area contributed by atoms with Crippen molar-refractivity contribution in [3.05, 3.63) is 65.5 Å². The lowest BCUT2D eigenvalue weighted by Gasteiger charge is -2.22. The summed E-state index contributed by atoms with van der Waals surface area (Å²) in [5.41, 5.74) is 3.08. The second-order valence-electron chi connectivity index (χ2n) is 7.53. The molecule has 0 aliphatic carbocycles. The summed E-state index contributed by atoms with van der Waals surface area (Å²) in [6.45, 7) is 8.18. The predicted octanol–water partition coefficient (Wildman–Crippen LogP) is 4.59. The lowest BCUT2D eigenvalue weighted by Crippen LogP contribution is -2.37. The van der Waals surface area contributed by atoms with Crippen molar-refractivity contribution in [3.8, 4) is 17.1 Å². The molecule has 152 valence electrons. The van der Waals surface area contributed by atoms with Gasteiger partial charge in [0, 0.05) is 12.6 Å². The van der Waals surface area contributed by atoms with Gasteiger partial charge in [-0.1, -0.05) is 61.0 Å². The highest BCUT2D eigenvalue weighted by atomic mass is 16.5. The number of hydrogen-bond acceptors (Lipinski definition) is 5. The Balaban J connectivity index is 1.65. The zero-order valence-corrected chi connectivity index (χ0v) is 17.5. The van der Waals surface area contributed by atoms with Crippen molar-refractivity contribution >= 4 is 5.91 Å². The molecule has 29 heavy (non-hydrogen) atoms. The van der Waals surface area contributed by atoms with Crippen LogP contribution in [0.4, 0.5) is 0 Å². The number of hydrogen-bond donors (Lipinski definition) is 0. The molecule has 0 N–H and O–H groups in total. The molecule has 0 aliphatic rings. The molecule has 1 amide bonds. The van der Waals surface area contributed by atoms with E-state index in [9.17, 15) is 4.79 Å². The van der Waals surface area contributed by atoms with Gasteiger partial charge in [-0.2, -0.15) is 4.98 Å². The molecule has 2 aromatic carbocycles. The van der Waals surface area contributed by atoms with Crippen molar-refractivity contribution in [2.45, 2.75) is 46.3 Å². The van der Waals surface area contributed by atoms with E-state index < -0.39 is 6.10 Å². The fourth-order valence-corrected chi connectivity index (χ4v) is 3.12. The van der Waals surface area contributed by atoms with Gasteiger partial charge in [0.05, 0.1) is 6.54 Å². The first-order valence-corrected chi connectivity index (χ1v) is 9.75. The zero-order chi connectivity index (χ0) is 21.0. The highest BCUT2D eigenvalue weighted by Gasteiger charge is 2.22. The van der Waals surface area contributed by atoms with Gasteiger partial charge in [0.15, 0.2) is 6.10 Å². The molecule has 1 aromatic heterocycles. The predicted molar refractivity (Wildman–Crippen MR) is 112 cm³/mol. The van der Waals surface area contributed by atoms with Crippen molar-refractivity contribution in [3.63, 3.8) is 0 Å². The third-order valence-corrected chi connectivity index (χ3v) is 4.69. The van der Waals surface area contributed by atoms with Crippen LogP contribution < -0.4 is 4.74 Å². The number of aromatic nitrogens is 2. The molecule has 1 atom stereocenters. The van der Waals surface area contributed by atoms with Gasteiger partial charge in [-0.05, 0) is 37.5 Å². The summed E-state index contributed by atoms with van der Waals surface area (Å²) in [6.07, 6.45) is -0.626. The number of carbonyl (C=O) groups is 1. The standard InChI is InChI=1S/C23H27N3O3/c1-15(2)19-11-6-7-12-20(19)28-17(4)23(27)26(5)14-21-24-22(25-29-21)18-10-8-9-16(3)13-18/h6-13,15,17H,14H2,1-5H3/t17-/m1/s1. The number of rotatable bonds is 7. The number of para-hydroxylation sites is 1. The Kier molecular flexibility index (Phi) is 6.32. The number of benzene rings is 2. The van der Waals surface area contributed by atoms with E-state index in [1.54, 1.807) is 14.0 Å². The van der Waals surface area contributed by atoms with E-state index in [1.807, 2.05) is 55.5 Å². The van der Waals surface area contributed by atoms with Crippen LogP contribution >= 0.6 is 0 Å². The second kappa shape index (κ2) is 8.90. The van der Waals surface area contributed by atoms with Crippen LogP contribution in [0.5, 0.6) is 5.75 Å². The van der Waals surface area contributed by atoms with Crippen molar-refractivity contribution < 1.29 is 14.1 Å². The molecule has 0 fully saturated rings. The van der Waals surface area contributed by atoms with Gasteiger partial charge < -0.3 is 14.2 Å². The molecule has 0 bridgehead atoms. The van der Waals surface area contributed by atoms with Crippen LogP contribution in [0.2, 0.25) is 0 Å². The molecular weight excluding hydrogens is 366 g/mol. The number of aryl methyl sites for hydroxylation is 1. The highest BCUT2D eigenvalue weighted by molar-refractivity contribution is 5.80. The van der Waals surface area contributed by atoms with Gasteiger partial charge in [-0.15, -0.1) is 0 Å². The van der Waals surface area contributed by atoms with Crippen LogP contribution in [0.15, 0.2) is 53.1 Å². The van der Waals surface area contributed by atoms with Crippen LogP contribution in [0, 0.1) is 6.92 Å². The number of likely N-dealkylation sites (N-methyl/N-ethyl adjacent to an activating group) is 1. The molecule has 0 saturated carbocycles. The third kappa shape index (κ3) is 5.02. The molecule has 0 aliphatic heterocycles. The minimum atomic E-state index is -0.626. The molecule has 1 heterocycles. The van der Waals surface area contributed by atoms with E-state index in [-0.39, 0.29) is 12.5 Å². The summed E-state index contributed by atoms with van der Waals surface area (Å²) in [5.74, 6) is 1.78. The van der Waals surface area contributed by atoms with Gasteiger partial charge in [-0.3, -0.25) is 4.79 Å². The monoisotopic (exact) mass is 393 g/mol. The number of amides is 1. The molecule has 3 rings (SSSR count). The Morgan fingerprint density at radius 3 is 2.62 bits per heavy atom. The maximum absolute atomic E-state index is 12.8. The number of carbonyl (C=O) groups excluding carboxylic acids is 1. The Labute approximate surface area is 171 Å². The summed E-state index contributed by atoms with van der Waals surface area (Å²) < 4.78 is 11.3. The summed E-state index contributed by atoms with van der Waals surface area (Å²) in [4.78, 5) is 18.7. The SMILES string of the molecule is Cc1cccc(-c2noc(CN(C)C(=O)[C@@H](C)Oc3ccccc3C(C)C)n2)c1. The lowest BCUT2D eigenvalue weighted by atomic mass is 10.0. The molecule has 3 aromatic rings. The van der Waals surface area contributed by atoms with Crippen molar-refractivity contribution in [1.82, 2.24) is 15.0 Å². The zero-order valence-electron chi connectivity index (χ0n) is 17.5. The maximum Gasteiger partial charge on any atom is 0.263 e. The lowest BCUT2D eigenvalue weighted by molar-refractivity contribution is -0.137. The average molecular weight is 393 g/mol. The summed E-state index contributed by atoms with van der Waals surface area (Å²) in [7, 11) is 1.70. The van der Waals surface area contributed by atoms with Crippen molar-refractivity contribution in [2.24, 2.45) is 0 Å². The van der Waals surface area contributed by atoms with Crippen LogP contribution in [0.25, 0.3) is 11.4 Å². The second-order valence-corrected chi connectivity index (χ2v) is 7.53. The van der Waals surface area contributed by atoms with E-state index in [1.165, 1.54) is 4.90 Å². The van der Waals surface area contributed by atoms with Crippen molar-refractivity contribution in [2.75, 3.05) is 7.05 Å². The van der Waals surface area contributed by atoms with E-state index in [0.717, 1.165) is 22.4 Å². The average Bonchev–Trinajstić information content (AvgIpc) is 3.16. The minimum Gasteiger partial charge on any atom is -0.481 e. The van der Waals surface area contributed by atoms with Crippen LogP contribution in [-0.2, 0) is 11.3 Å². The van der Waals surface area contributed by atoms with Gasteiger partial charge in [0.25, 0.3) is 5.91 Å². The number of ether oxygens (including phenoxy) is 1. The first-order valence-electron chi connectivity index (χ1n) is 9.75. The van der Waals surface area contributed by atoms with E-state index >= 15 is 0 Å². The normalized spacial score (nSPS) is 12.1. The van der Waals surface area contributed by atoms with Gasteiger partial charge in [-0.25, -0.2) is 0 Å². The van der Waals surface area contributed by atoms with Gasteiger partial charge in [0.2, 0.25) is 11.7 Å². The number of nitrogens with zero attached hydrogens (tertiary/aromatic N) is 3. The van der Waals surface area contributed by atoms with E-state index in [2.05, 4.69) is 24.0 Å². The molecule has 0 radical (unpaired) electrons. The minimum absolute atomic E-state index is 0.154. The maximum atomic E-state index is 12.8. The van der Waals surface area contributed by atoms with Gasteiger partial charge in [0.1, 0.15) is 5.75 Å². The Morgan fingerprint density at radius 1 is 1.14 bits per heavy atom.